The average Bonchev–Trinajstić information content (AvgIpc) is 2.34. The average molecular weight is 261 g/mol. The molecule has 3 unspecified atom stereocenters. The van der Waals surface area contributed by atoms with E-state index in [1.807, 2.05) is 0 Å². The Bertz CT molecular complexity index is 427. The summed E-state index contributed by atoms with van der Waals surface area (Å²) in [6.45, 7) is 8.82. The molecule has 0 bridgehead atoms. The van der Waals surface area contributed by atoms with Crippen LogP contribution in [0.1, 0.15) is 44.2 Å². The summed E-state index contributed by atoms with van der Waals surface area (Å²) in [4.78, 5) is 0. The minimum atomic E-state index is 0.169. The van der Waals surface area contributed by atoms with Crippen LogP contribution in [0.3, 0.4) is 0 Å². The topological polar surface area (TPSA) is 35.2 Å². The zero-order valence-corrected chi connectivity index (χ0v) is 12.6. The van der Waals surface area contributed by atoms with Gasteiger partial charge in [-0.3, -0.25) is 0 Å². The predicted molar refractivity (Wildman–Crippen MR) is 80.5 cm³/mol. The number of benzene rings is 1. The quantitative estimate of drug-likeness (QED) is 0.897. The summed E-state index contributed by atoms with van der Waals surface area (Å²) in [5.41, 5.74) is 8.73. The maximum absolute atomic E-state index is 6.24. The fourth-order valence-electron chi connectivity index (χ4n) is 3.02. The first kappa shape index (κ1) is 14.4. The lowest BCUT2D eigenvalue weighted by atomic mass is 9.78. The number of rotatable bonds is 3. The van der Waals surface area contributed by atoms with Crippen LogP contribution in [0, 0.1) is 25.7 Å². The van der Waals surface area contributed by atoms with Crippen LogP contribution in [-0.2, 0) is 0 Å². The standard InChI is InChI=1S/C17H27NO/c1-11(2)14-6-7-15(18)17(10-14)19-16-8-5-12(3)9-13(16)4/h5,8-9,11,14-15,17H,6-7,10,18H2,1-4H3. The Morgan fingerprint density at radius 2 is 1.95 bits per heavy atom. The highest BCUT2D eigenvalue weighted by molar-refractivity contribution is 5.35. The smallest absolute Gasteiger partial charge is 0.122 e. The van der Waals surface area contributed by atoms with E-state index >= 15 is 0 Å². The van der Waals surface area contributed by atoms with Crippen molar-refractivity contribution < 1.29 is 4.74 Å². The summed E-state index contributed by atoms with van der Waals surface area (Å²) >= 11 is 0. The van der Waals surface area contributed by atoms with Crippen molar-refractivity contribution >= 4 is 0 Å². The summed E-state index contributed by atoms with van der Waals surface area (Å²) < 4.78 is 6.21. The Labute approximate surface area is 117 Å². The summed E-state index contributed by atoms with van der Waals surface area (Å²) in [5, 5.41) is 0. The van der Waals surface area contributed by atoms with Crippen molar-refractivity contribution in [3.63, 3.8) is 0 Å². The van der Waals surface area contributed by atoms with Gasteiger partial charge in [-0.05, 0) is 56.6 Å². The molecule has 1 fully saturated rings. The lowest BCUT2D eigenvalue weighted by molar-refractivity contribution is 0.0862. The molecule has 1 aliphatic rings. The molecule has 19 heavy (non-hydrogen) atoms. The second-order valence-corrected chi connectivity index (χ2v) is 6.41. The van der Waals surface area contributed by atoms with Crippen molar-refractivity contribution in [3.05, 3.63) is 29.3 Å². The van der Waals surface area contributed by atoms with Gasteiger partial charge in [0.05, 0.1) is 0 Å². The third-order valence-corrected chi connectivity index (χ3v) is 4.43. The molecule has 2 heteroatoms. The molecular weight excluding hydrogens is 234 g/mol. The highest BCUT2D eigenvalue weighted by Crippen LogP contribution is 2.32. The maximum atomic E-state index is 6.24. The monoisotopic (exact) mass is 261 g/mol. The first-order chi connectivity index (χ1) is 8.97. The van der Waals surface area contributed by atoms with Gasteiger partial charge in [0.2, 0.25) is 0 Å². The zero-order chi connectivity index (χ0) is 14.0. The van der Waals surface area contributed by atoms with Crippen LogP contribution in [-0.4, -0.2) is 12.1 Å². The predicted octanol–water partition coefficient (Wildman–Crippen LogP) is 3.83. The van der Waals surface area contributed by atoms with E-state index in [2.05, 4.69) is 45.9 Å². The molecule has 2 nitrogen and oxygen atoms in total. The molecule has 1 aromatic carbocycles. The maximum Gasteiger partial charge on any atom is 0.122 e. The van der Waals surface area contributed by atoms with Gasteiger partial charge in [0.15, 0.2) is 0 Å². The van der Waals surface area contributed by atoms with Gasteiger partial charge < -0.3 is 10.5 Å². The van der Waals surface area contributed by atoms with Gasteiger partial charge in [-0.15, -0.1) is 0 Å². The van der Waals surface area contributed by atoms with Crippen LogP contribution >= 0.6 is 0 Å². The molecule has 3 atom stereocenters. The van der Waals surface area contributed by atoms with E-state index in [4.69, 9.17) is 10.5 Å². The fourth-order valence-corrected chi connectivity index (χ4v) is 3.02. The minimum Gasteiger partial charge on any atom is -0.489 e. The van der Waals surface area contributed by atoms with Gasteiger partial charge in [-0.2, -0.15) is 0 Å². The van der Waals surface area contributed by atoms with Gasteiger partial charge in [0.1, 0.15) is 11.9 Å². The van der Waals surface area contributed by atoms with Crippen LogP contribution in [0.2, 0.25) is 0 Å². The molecule has 0 spiro atoms. The summed E-state index contributed by atoms with van der Waals surface area (Å²) in [6.07, 6.45) is 3.58. The summed E-state index contributed by atoms with van der Waals surface area (Å²) in [6, 6.07) is 6.53. The van der Waals surface area contributed by atoms with Crippen LogP contribution < -0.4 is 10.5 Å². The molecule has 1 saturated carbocycles. The summed E-state index contributed by atoms with van der Waals surface area (Å²) in [7, 11) is 0. The molecule has 0 amide bonds. The molecular formula is C17H27NO. The Morgan fingerprint density at radius 1 is 1.21 bits per heavy atom. The zero-order valence-electron chi connectivity index (χ0n) is 12.6. The lowest BCUT2D eigenvalue weighted by Crippen LogP contribution is -2.44. The van der Waals surface area contributed by atoms with Crippen molar-refractivity contribution in [3.8, 4) is 5.75 Å². The molecule has 1 aliphatic carbocycles. The van der Waals surface area contributed by atoms with Gasteiger partial charge in [-0.1, -0.05) is 31.5 Å². The molecule has 0 radical (unpaired) electrons. The van der Waals surface area contributed by atoms with Gasteiger partial charge in [-0.25, -0.2) is 0 Å². The number of ether oxygens (including phenoxy) is 1. The minimum absolute atomic E-state index is 0.169. The largest absolute Gasteiger partial charge is 0.489 e. The van der Waals surface area contributed by atoms with Crippen molar-refractivity contribution in [2.24, 2.45) is 17.6 Å². The van der Waals surface area contributed by atoms with Crippen molar-refractivity contribution in [2.45, 2.75) is 59.1 Å². The Balaban J connectivity index is 2.07. The van der Waals surface area contributed by atoms with E-state index in [0.717, 1.165) is 30.4 Å². The third kappa shape index (κ3) is 3.50. The Morgan fingerprint density at radius 3 is 2.58 bits per heavy atom. The molecule has 106 valence electrons. The van der Waals surface area contributed by atoms with Gasteiger partial charge >= 0.3 is 0 Å². The summed E-state index contributed by atoms with van der Waals surface area (Å²) in [5.74, 6) is 2.46. The van der Waals surface area contributed by atoms with Crippen molar-refractivity contribution in [2.75, 3.05) is 0 Å². The van der Waals surface area contributed by atoms with Crippen LogP contribution in [0.4, 0.5) is 0 Å². The van der Waals surface area contributed by atoms with Crippen LogP contribution in [0.15, 0.2) is 18.2 Å². The van der Waals surface area contributed by atoms with Crippen LogP contribution in [0.25, 0.3) is 0 Å². The normalized spacial score (nSPS) is 27.6. The van der Waals surface area contributed by atoms with E-state index in [9.17, 15) is 0 Å². The van der Waals surface area contributed by atoms with E-state index in [1.165, 1.54) is 17.5 Å². The Hall–Kier alpha value is -1.02. The molecule has 2 rings (SSSR count). The number of hydrogen-bond acceptors (Lipinski definition) is 2. The SMILES string of the molecule is Cc1ccc(OC2CC(C(C)C)CCC2N)c(C)c1. The van der Waals surface area contributed by atoms with Crippen molar-refractivity contribution in [1.29, 1.82) is 0 Å². The molecule has 0 aliphatic heterocycles. The molecule has 0 saturated heterocycles. The third-order valence-electron chi connectivity index (χ3n) is 4.43. The Kier molecular flexibility index (Phi) is 4.51. The van der Waals surface area contributed by atoms with Crippen LogP contribution in [0.5, 0.6) is 5.75 Å². The molecule has 2 N–H and O–H groups in total. The number of nitrogens with two attached hydrogens (primary N) is 1. The highest BCUT2D eigenvalue weighted by atomic mass is 16.5. The lowest BCUT2D eigenvalue weighted by Gasteiger charge is -2.36. The second-order valence-electron chi connectivity index (χ2n) is 6.41. The van der Waals surface area contributed by atoms with Gasteiger partial charge in [0.25, 0.3) is 0 Å². The van der Waals surface area contributed by atoms with E-state index in [-0.39, 0.29) is 12.1 Å². The van der Waals surface area contributed by atoms with E-state index < -0.39 is 0 Å². The second kappa shape index (κ2) is 5.96. The number of hydrogen-bond donors (Lipinski definition) is 1. The van der Waals surface area contributed by atoms with Crippen molar-refractivity contribution in [1.82, 2.24) is 0 Å². The number of aryl methyl sites for hydroxylation is 2. The van der Waals surface area contributed by atoms with E-state index in [0.29, 0.717) is 0 Å². The molecule has 0 aromatic heterocycles. The highest BCUT2D eigenvalue weighted by Gasteiger charge is 2.31. The fraction of sp³-hybridized carbons (Fsp3) is 0.647. The van der Waals surface area contributed by atoms with Gasteiger partial charge in [0, 0.05) is 6.04 Å². The first-order valence-corrected chi connectivity index (χ1v) is 7.47. The molecule has 0 heterocycles. The van der Waals surface area contributed by atoms with E-state index in [1.54, 1.807) is 0 Å². The molecule has 1 aromatic rings. The first-order valence-electron chi connectivity index (χ1n) is 7.47.